The van der Waals surface area contributed by atoms with Gasteiger partial charge in [-0.15, -0.1) is 0 Å². The van der Waals surface area contributed by atoms with Gasteiger partial charge in [0.25, 0.3) is 0 Å². The quantitative estimate of drug-likeness (QED) is 0.852. The summed E-state index contributed by atoms with van der Waals surface area (Å²) in [5.41, 5.74) is 1.03. The van der Waals surface area contributed by atoms with Gasteiger partial charge >= 0.3 is 0 Å². The van der Waals surface area contributed by atoms with Crippen molar-refractivity contribution in [3.63, 3.8) is 0 Å². The van der Waals surface area contributed by atoms with Crippen molar-refractivity contribution < 1.29 is 4.74 Å². The molecule has 23 heavy (non-hydrogen) atoms. The van der Waals surface area contributed by atoms with Crippen LogP contribution in [0.15, 0.2) is 6.07 Å². The molecule has 3 aliphatic rings. The van der Waals surface area contributed by atoms with Crippen LogP contribution < -0.4 is 4.90 Å². The van der Waals surface area contributed by atoms with E-state index >= 15 is 0 Å². The first-order chi connectivity index (χ1) is 11.2. The molecule has 0 N–H and O–H groups in total. The summed E-state index contributed by atoms with van der Waals surface area (Å²) in [6.45, 7) is 7.04. The highest BCUT2D eigenvalue weighted by Crippen LogP contribution is 2.46. The number of aryl methyl sites for hydroxylation is 1. The van der Waals surface area contributed by atoms with Gasteiger partial charge in [0.2, 0.25) is 0 Å². The molecule has 5 heteroatoms. The second-order valence-electron chi connectivity index (χ2n) is 7.48. The lowest BCUT2D eigenvalue weighted by atomic mass is 9.93. The molecule has 0 spiro atoms. The first kappa shape index (κ1) is 15.3. The lowest BCUT2D eigenvalue weighted by Gasteiger charge is -2.41. The summed E-state index contributed by atoms with van der Waals surface area (Å²) in [5.74, 6) is 3.88. The second kappa shape index (κ2) is 6.36. The number of nitrogens with zero attached hydrogens (tertiary/aromatic N) is 4. The number of hydrogen-bond donors (Lipinski definition) is 0. The van der Waals surface area contributed by atoms with Gasteiger partial charge in [-0.2, -0.15) is 0 Å². The zero-order valence-electron chi connectivity index (χ0n) is 14.4. The molecule has 2 heterocycles. The fourth-order valence-electron chi connectivity index (χ4n) is 4.91. The molecular formula is C18H28N4O. The maximum Gasteiger partial charge on any atom is 0.156 e. The number of anilines is 1. The summed E-state index contributed by atoms with van der Waals surface area (Å²) >= 11 is 0. The van der Waals surface area contributed by atoms with E-state index in [2.05, 4.69) is 25.8 Å². The molecule has 0 radical (unpaired) electrons. The fourth-order valence-corrected chi connectivity index (χ4v) is 4.91. The van der Waals surface area contributed by atoms with Crippen LogP contribution in [0.25, 0.3) is 0 Å². The van der Waals surface area contributed by atoms with Gasteiger partial charge in [-0.3, -0.25) is 4.90 Å². The minimum Gasteiger partial charge on any atom is -0.377 e. The minimum absolute atomic E-state index is 0.486. The van der Waals surface area contributed by atoms with Crippen LogP contribution in [0.1, 0.15) is 37.2 Å². The largest absolute Gasteiger partial charge is 0.377 e. The molecule has 0 amide bonds. The molecule has 3 atom stereocenters. The standard InChI is InChI=1S/C18H28N4O/c1-13-9-18(20-17(19-13)12-23-2)22-7-5-21(6-8-22)16-11-14-3-4-15(16)10-14/h9,14-16H,3-8,10-12H2,1-2H3. The smallest absolute Gasteiger partial charge is 0.156 e. The van der Waals surface area contributed by atoms with E-state index < -0.39 is 0 Å². The molecule has 4 rings (SSSR count). The molecule has 1 aromatic heterocycles. The third-order valence-electron chi connectivity index (χ3n) is 5.97. The average molecular weight is 316 g/mol. The maximum atomic E-state index is 5.19. The fraction of sp³-hybridized carbons (Fsp3) is 0.778. The second-order valence-corrected chi connectivity index (χ2v) is 7.48. The molecule has 0 aromatic carbocycles. The number of aromatic nitrogens is 2. The van der Waals surface area contributed by atoms with E-state index in [9.17, 15) is 0 Å². The van der Waals surface area contributed by atoms with Crippen LogP contribution in [0.5, 0.6) is 0 Å². The van der Waals surface area contributed by atoms with E-state index in [-0.39, 0.29) is 0 Å². The van der Waals surface area contributed by atoms with Gasteiger partial charge < -0.3 is 9.64 Å². The third-order valence-corrected chi connectivity index (χ3v) is 5.97. The van der Waals surface area contributed by atoms with Crippen LogP contribution in [-0.4, -0.2) is 54.2 Å². The Labute approximate surface area is 139 Å². The number of piperazine rings is 1. The number of fused-ring (bicyclic) bond motifs is 2. The van der Waals surface area contributed by atoms with Gasteiger partial charge in [0.1, 0.15) is 12.4 Å². The number of methoxy groups -OCH3 is 1. The van der Waals surface area contributed by atoms with Crippen molar-refractivity contribution in [1.29, 1.82) is 0 Å². The topological polar surface area (TPSA) is 41.5 Å². The lowest BCUT2D eigenvalue weighted by molar-refractivity contribution is 0.134. The van der Waals surface area contributed by atoms with Gasteiger partial charge in [-0.05, 0) is 38.0 Å². The van der Waals surface area contributed by atoms with Crippen LogP contribution >= 0.6 is 0 Å². The zero-order valence-corrected chi connectivity index (χ0v) is 14.4. The highest BCUT2D eigenvalue weighted by Gasteiger charge is 2.42. The van der Waals surface area contributed by atoms with Gasteiger partial charge in [0, 0.05) is 51.1 Å². The summed E-state index contributed by atoms with van der Waals surface area (Å²) < 4.78 is 5.19. The Morgan fingerprint density at radius 3 is 2.61 bits per heavy atom. The number of rotatable bonds is 4. The van der Waals surface area contributed by atoms with E-state index in [1.54, 1.807) is 7.11 Å². The van der Waals surface area contributed by atoms with Crippen molar-refractivity contribution in [2.45, 2.75) is 45.3 Å². The predicted octanol–water partition coefficient (Wildman–Crippen LogP) is 2.24. The van der Waals surface area contributed by atoms with Crippen molar-refractivity contribution in [2.24, 2.45) is 11.8 Å². The van der Waals surface area contributed by atoms with Crippen LogP contribution in [0, 0.1) is 18.8 Å². The maximum absolute atomic E-state index is 5.19. The first-order valence-electron chi connectivity index (χ1n) is 9.05. The van der Waals surface area contributed by atoms with Crippen LogP contribution in [0.3, 0.4) is 0 Å². The molecule has 3 unspecified atom stereocenters. The van der Waals surface area contributed by atoms with Gasteiger partial charge in [-0.25, -0.2) is 9.97 Å². The minimum atomic E-state index is 0.486. The molecule has 1 aromatic rings. The zero-order chi connectivity index (χ0) is 15.8. The molecule has 1 aliphatic heterocycles. The Kier molecular flexibility index (Phi) is 4.24. The molecule has 3 fully saturated rings. The lowest BCUT2D eigenvalue weighted by Crippen LogP contribution is -2.52. The Morgan fingerprint density at radius 1 is 1.13 bits per heavy atom. The van der Waals surface area contributed by atoms with Crippen molar-refractivity contribution in [3.8, 4) is 0 Å². The van der Waals surface area contributed by atoms with Crippen LogP contribution in [-0.2, 0) is 11.3 Å². The normalized spacial score (nSPS) is 31.0. The van der Waals surface area contributed by atoms with Crippen molar-refractivity contribution >= 4 is 5.82 Å². The monoisotopic (exact) mass is 316 g/mol. The highest BCUT2D eigenvalue weighted by atomic mass is 16.5. The molecular weight excluding hydrogens is 288 g/mol. The third kappa shape index (κ3) is 3.09. The van der Waals surface area contributed by atoms with E-state index in [0.717, 1.165) is 48.3 Å². The van der Waals surface area contributed by atoms with Gasteiger partial charge in [0.15, 0.2) is 5.82 Å². The van der Waals surface area contributed by atoms with Crippen molar-refractivity contribution in [3.05, 3.63) is 17.6 Å². The first-order valence-corrected chi connectivity index (χ1v) is 9.05. The van der Waals surface area contributed by atoms with Crippen LogP contribution in [0.2, 0.25) is 0 Å². The Balaban J connectivity index is 1.39. The Morgan fingerprint density at radius 2 is 1.96 bits per heavy atom. The molecule has 2 aliphatic carbocycles. The molecule has 2 bridgehead atoms. The summed E-state index contributed by atoms with van der Waals surface area (Å²) in [6.07, 6.45) is 5.91. The highest BCUT2D eigenvalue weighted by molar-refractivity contribution is 5.40. The van der Waals surface area contributed by atoms with E-state index in [4.69, 9.17) is 4.74 Å². The Bertz CT molecular complexity index is 556. The molecule has 1 saturated heterocycles. The molecule has 5 nitrogen and oxygen atoms in total. The van der Waals surface area contributed by atoms with E-state index in [1.165, 1.54) is 38.8 Å². The summed E-state index contributed by atoms with van der Waals surface area (Å²) in [6, 6.07) is 2.97. The van der Waals surface area contributed by atoms with Gasteiger partial charge in [0.05, 0.1) is 0 Å². The SMILES string of the molecule is COCc1nc(C)cc(N2CCN(C3CC4CCC3C4)CC2)n1. The number of ether oxygens (including phenoxy) is 1. The molecule has 126 valence electrons. The van der Waals surface area contributed by atoms with Gasteiger partial charge in [-0.1, -0.05) is 6.42 Å². The van der Waals surface area contributed by atoms with E-state index in [0.29, 0.717) is 6.61 Å². The number of hydrogen-bond acceptors (Lipinski definition) is 5. The van der Waals surface area contributed by atoms with Crippen LogP contribution in [0.4, 0.5) is 5.82 Å². The van der Waals surface area contributed by atoms with Crippen molar-refractivity contribution in [2.75, 3.05) is 38.2 Å². The van der Waals surface area contributed by atoms with E-state index in [1.807, 2.05) is 6.92 Å². The van der Waals surface area contributed by atoms with Crippen molar-refractivity contribution in [1.82, 2.24) is 14.9 Å². The summed E-state index contributed by atoms with van der Waals surface area (Å²) in [5, 5.41) is 0. The summed E-state index contributed by atoms with van der Waals surface area (Å²) in [4.78, 5) is 14.3. The summed E-state index contributed by atoms with van der Waals surface area (Å²) in [7, 11) is 1.69. The Hall–Kier alpha value is -1.20. The molecule has 2 saturated carbocycles. The predicted molar refractivity (Wildman–Crippen MR) is 90.5 cm³/mol. The average Bonchev–Trinajstić information content (AvgIpc) is 3.18.